The number of nitrogens with one attached hydrogen (secondary N) is 1. The molecule has 7 nitrogen and oxygen atoms in total. The smallest absolute Gasteiger partial charge is 0.236 e. The molecule has 0 unspecified atom stereocenters. The molecule has 9 heteroatoms. The molecule has 1 N–H and O–H groups in total. The lowest BCUT2D eigenvalue weighted by Gasteiger charge is -2.27. The molecule has 1 aromatic carbocycles. The van der Waals surface area contributed by atoms with Crippen molar-refractivity contribution in [2.75, 3.05) is 29.1 Å². The van der Waals surface area contributed by atoms with Gasteiger partial charge < -0.3 is 10.2 Å². The van der Waals surface area contributed by atoms with Gasteiger partial charge in [0.15, 0.2) is 10.3 Å². The lowest BCUT2D eigenvalue weighted by atomic mass is 10.1. The van der Waals surface area contributed by atoms with E-state index in [2.05, 4.69) is 30.0 Å². The van der Waals surface area contributed by atoms with Gasteiger partial charge in [-0.25, -0.2) is 4.98 Å². The molecule has 0 saturated carbocycles. The maximum Gasteiger partial charge on any atom is 0.236 e. The van der Waals surface area contributed by atoms with Crippen molar-refractivity contribution >= 4 is 40.1 Å². The van der Waals surface area contributed by atoms with E-state index < -0.39 is 0 Å². The number of aromatic nitrogens is 4. The van der Waals surface area contributed by atoms with E-state index in [4.69, 9.17) is 0 Å². The minimum atomic E-state index is -0.0958. The van der Waals surface area contributed by atoms with Crippen molar-refractivity contribution in [1.29, 1.82) is 0 Å². The molecule has 1 saturated heterocycles. The van der Waals surface area contributed by atoms with Crippen LogP contribution in [0.5, 0.6) is 0 Å². The maximum absolute atomic E-state index is 12.3. The summed E-state index contributed by atoms with van der Waals surface area (Å²) in [6.45, 7) is 3.88. The average Bonchev–Trinajstić information content (AvgIpc) is 3.33. The number of piperidine rings is 1. The van der Waals surface area contributed by atoms with E-state index >= 15 is 0 Å². The minimum Gasteiger partial charge on any atom is -0.341 e. The molecule has 0 bridgehead atoms. The maximum atomic E-state index is 12.3. The topological polar surface area (TPSA) is 75.9 Å². The zero-order chi connectivity index (χ0) is 19.3. The van der Waals surface area contributed by atoms with Crippen LogP contribution in [0.2, 0.25) is 0 Å². The Morgan fingerprint density at radius 2 is 1.96 bits per heavy atom. The Hall–Kier alpha value is -2.39. The number of hydrogen-bond acceptors (Lipinski definition) is 7. The van der Waals surface area contributed by atoms with E-state index in [1.165, 1.54) is 42.4 Å². The number of aryl methyl sites for hydroxylation is 1. The van der Waals surface area contributed by atoms with Crippen LogP contribution in [0.3, 0.4) is 0 Å². The fourth-order valence-corrected chi connectivity index (χ4v) is 4.61. The van der Waals surface area contributed by atoms with Crippen molar-refractivity contribution in [3.63, 3.8) is 0 Å². The van der Waals surface area contributed by atoms with Crippen molar-refractivity contribution in [2.24, 2.45) is 0 Å². The Balaban J connectivity index is 1.53. The molecule has 1 amide bonds. The summed E-state index contributed by atoms with van der Waals surface area (Å²) in [7, 11) is 0. The van der Waals surface area contributed by atoms with Crippen molar-refractivity contribution in [1.82, 2.24) is 19.7 Å². The van der Waals surface area contributed by atoms with Crippen LogP contribution < -0.4 is 10.2 Å². The fourth-order valence-electron chi connectivity index (χ4n) is 3.15. The van der Waals surface area contributed by atoms with Crippen LogP contribution in [0.1, 0.15) is 25.0 Å². The van der Waals surface area contributed by atoms with Gasteiger partial charge in [0, 0.05) is 18.5 Å². The summed E-state index contributed by atoms with van der Waals surface area (Å²) in [5.41, 5.74) is 1.91. The van der Waals surface area contributed by atoms with Gasteiger partial charge in [-0.15, -0.1) is 21.5 Å². The van der Waals surface area contributed by atoms with Crippen LogP contribution in [0.25, 0.3) is 5.69 Å². The first kappa shape index (κ1) is 18.9. The number of benzene rings is 1. The molecule has 1 fully saturated rings. The minimum absolute atomic E-state index is 0.0958. The second-order valence-electron chi connectivity index (χ2n) is 6.63. The summed E-state index contributed by atoms with van der Waals surface area (Å²) >= 11 is 2.82. The standard InChI is InChI=1S/C19H22N6OS2/c1-14-12-27-17(20-14)21-16(26)13-28-19-23-22-18(24-10-6-3-7-11-24)25(19)15-8-4-2-5-9-15/h2,4-5,8-9,12H,3,6-7,10-11,13H2,1H3,(H,20,21,26). The zero-order valence-corrected chi connectivity index (χ0v) is 17.3. The van der Waals surface area contributed by atoms with Crippen LogP contribution in [0.15, 0.2) is 40.9 Å². The van der Waals surface area contributed by atoms with E-state index in [9.17, 15) is 4.79 Å². The predicted octanol–water partition coefficient (Wildman–Crippen LogP) is 3.75. The first-order valence-electron chi connectivity index (χ1n) is 9.31. The number of thiazole rings is 1. The lowest BCUT2D eigenvalue weighted by Crippen LogP contribution is -2.31. The molecule has 4 rings (SSSR count). The van der Waals surface area contributed by atoms with E-state index in [-0.39, 0.29) is 11.7 Å². The Labute approximate surface area is 172 Å². The van der Waals surface area contributed by atoms with E-state index in [0.717, 1.165) is 35.6 Å². The van der Waals surface area contributed by atoms with Crippen LogP contribution in [-0.4, -0.2) is 44.5 Å². The molecule has 1 aliphatic heterocycles. The fraction of sp³-hybridized carbons (Fsp3) is 0.368. The third-order valence-electron chi connectivity index (χ3n) is 4.47. The van der Waals surface area contributed by atoms with Crippen molar-refractivity contribution in [3.05, 3.63) is 41.4 Å². The molecule has 3 heterocycles. The normalized spacial score (nSPS) is 14.2. The van der Waals surface area contributed by atoms with Crippen LogP contribution in [0.4, 0.5) is 11.1 Å². The number of carbonyl (C=O) groups is 1. The summed E-state index contributed by atoms with van der Waals surface area (Å²) in [5.74, 6) is 1.01. The first-order chi connectivity index (χ1) is 13.7. The largest absolute Gasteiger partial charge is 0.341 e. The number of para-hydroxylation sites is 1. The molecule has 28 heavy (non-hydrogen) atoms. The van der Waals surface area contributed by atoms with Gasteiger partial charge in [0.25, 0.3) is 0 Å². The van der Waals surface area contributed by atoms with Gasteiger partial charge >= 0.3 is 0 Å². The van der Waals surface area contributed by atoms with Gasteiger partial charge in [0.2, 0.25) is 11.9 Å². The number of hydrogen-bond donors (Lipinski definition) is 1. The number of rotatable bonds is 6. The first-order valence-corrected chi connectivity index (χ1v) is 11.2. The van der Waals surface area contributed by atoms with Gasteiger partial charge in [-0.05, 0) is 38.3 Å². The Morgan fingerprint density at radius 1 is 1.18 bits per heavy atom. The molecule has 0 atom stereocenters. The van der Waals surface area contributed by atoms with Gasteiger partial charge in [-0.1, -0.05) is 30.0 Å². The van der Waals surface area contributed by atoms with Crippen molar-refractivity contribution in [2.45, 2.75) is 31.3 Å². The molecule has 1 aliphatic rings. The quantitative estimate of drug-likeness (QED) is 0.619. The summed E-state index contributed by atoms with van der Waals surface area (Å²) in [4.78, 5) is 18.9. The second kappa shape index (κ2) is 8.74. The molecule has 146 valence electrons. The summed E-state index contributed by atoms with van der Waals surface area (Å²) in [6, 6.07) is 10.1. The second-order valence-corrected chi connectivity index (χ2v) is 8.43. The Kier molecular flexibility index (Phi) is 5.92. The summed E-state index contributed by atoms with van der Waals surface area (Å²) < 4.78 is 2.05. The average molecular weight is 415 g/mol. The highest BCUT2D eigenvalue weighted by Gasteiger charge is 2.22. The third kappa shape index (κ3) is 4.36. The highest BCUT2D eigenvalue weighted by atomic mass is 32.2. The van der Waals surface area contributed by atoms with E-state index in [1.807, 2.05) is 42.6 Å². The third-order valence-corrected chi connectivity index (χ3v) is 6.27. The zero-order valence-electron chi connectivity index (χ0n) is 15.7. The number of carbonyl (C=O) groups excluding carboxylic acids is 1. The highest BCUT2D eigenvalue weighted by molar-refractivity contribution is 7.99. The SMILES string of the molecule is Cc1csc(NC(=O)CSc2nnc(N3CCCCC3)n2-c2ccccc2)n1. The van der Waals surface area contributed by atoms with E-state index in [0.29, 0.717) is 5.13 Å². The highest BCUT2D eigenvalue weighted by Crippen LogP contribution is 2.28. The number of amides is 1. The molecule has 0 aliphatic carbocycles. The molecule has 3 aromatic rings. The number of anilines is 2. The molecule has 0 spiro atoms. The van der Waals surface area contributed by atoms with E-state index in [1.54, 1.807) is 0 Å². The molecular formula is C19H22N6OS2. The van der Waals surface area contributed by atoms with Gasteiger partial charge in [0.05, 0.1) is 17.1 Å². The Bertz CT molecular complexity index is 933. The summed E-state index contributed by atoms with van der Waals surface area (Å²) in [5, 5.41) is 15.0. The number of thioether (sulfide) groups is 1. The molecular weight excluding hydrogens is 392 g/mol. The summed E-state index contributed by atoms with van der Waals surface area (Å²) in [6.07, 6.45) is 3.59. The van der Waals surface area contributed by atoms with Crippen LogP contribution in [-0.2, 0) is 4.79 Å². The van der Waals surface area contributed by atoms with Gasteiger partial charge in [0.1, 0.15) is 0 Å². The number of nitrogens with zero attached hydrogens (tertiary/aromatic N) is 5. The molecule has 0 radical (unpaired) electrons. The van der Waals surface area contributed by atoms with Crippen molar-refractivity contribution in [3.8, 4) is 5.69 Å². The lowest BCUT2D eigenvalue weighted by molar-refractivity contribution is -0.113. The predicted molar refractivity (Wildman–Crippen MR) is 114 cm³/mol. The van der Waals surface area contributed by atoms with Gasteiger partial charge in [-0.2, -0.15) is 0 Å². The Morgan fingerprint density at radius 3 is 2.68 bits per heavy atom. The van der Waals surface area contributed by atoms with Crippen LogP contribution in [0, 0.1) is 6.92 Å². The van der Waals surface area contributed by atoms with Crippen LogP contribution >= 0.6 is 23.1 Å². The van der Waals surface area contributed by atoms with Crippen molar-refractivity contribution < 1.29 is 4.79 Å². The van der Waals surface area contributed by atoms with Gasteiger partial charge in [-0.3, -0.25) is 9.36 Å². The molecule has 2 aromatic heterocycles. The monoisotopic (exact) mass is 414 g/mol.